The van der Waals surface area contributed by atoms with Crippen molar-refractivity contribution < 1.29 is 24.2 Å². The summed E-state index contributed by atoms with van der Waals surface area (Å²) in [6.07, 6.45) is 1.80. The zero-order valence-electron chi connectivity index (χ0n) is 22.6. The predicted octanol–water partition coefficient (Wildman–Crippen LogP) is 8.69. The Hall–Kier alpha value is -3.51. The van der Waals surface area contributed by atoms with Crippen molar-refractivity contribution in [1.82, 2.24) is 4.90 Å². The van der Waals surface area contributed by atoms with E-state index in [2.05, 4.69) is 22.6 Å². The molecule has 4 aromatic rings. The maximum absolute atomic E-state index is 13.7. The number of nitrogens with zero attached hydrogens (tertiary/aromatic N) is 2. The van der Waals surface area contributed by atoms with Crippen LogP contribution in [0.25, 0.3) is 6.08 Å². The molecule has 1 saturated heterocycles. The van der Waals surface area contributed by atoms with Gasteiger partial charge in [0.15, 0.2) is 16.7 Å². The van der Waals surface area contributed by atoms with E-state index in [0.717, 1.165) is 20.3 Å². The minimum atomic E-state index is -1.01. The van der Waals surface area contributed by atoms with Crippen LogP contribution in [-0.4, -0.2) is 34.2 Å². The summed E-state index contributed by atoms with van der Waals surface area (Å²) in [7, 11) is 1.56. The lowest BCUT2D eigenvalue weighted by Gasteiger charge is -2.16. The number of carboxylic acid groups (broad SMARTS) is 1. The summed E-state index contributed by atoms with van der Waals surface area (Å²) < 4.78 is 12.5. The van der Waals surface area contributed by atoms with Gasteiger partial charge >= 0.3 is 5.97 Å². The van der Waals surface area contributed by atoms with Gasteiger partial charge in [0.05, 0.1) is 33.4 Å². The molecule has 1 fully saturated rings. The number of halogens is 3. The van der Waals surface area contributed by atoms with Crippen molar-refractivity contribution >= 4 is 86.4 Å². The number of rotatable bonds is 9. The van der Waals surface area contributed by atoms with Gasteiger partial charge < -0.3 is 14.6 Å². The molecular weight excluding hydrogens is 722 g/mol. The standard InChI is InChI=1S/C32H23Cl2IN2O5S/c1-41-27-14-20(13-26(35)29(27)42-18-22-11-12-23(33)16-25(22)34)15-28-30(38)37(17-19-7-9-21(10-8-19)31(39)40)32(43-28)36-24-5-3-2-4-6-24/h2-16H,17-18H2,1H3,(H,39,40)/b28-15-,36-32?. The molecule has 7 nitrogen and oxygen atoms in total. The second-order valence-corrected chi connectivity index (χ2v) is 12.3. The Labute approximate surface area is 276 Å². The second-order valence-electron chi connectivity index (χ2n) is 9.29. The first-order valence-electron chi connectivity index (χ1n) is 12.8. The van der Waals surface area contributed by atoms with Gasteiger partial charge in [0.2, 0.25) is 0 Å². The third kappa shape index (κ3) is 7.53. The summed E-state index contributed by atoms with van der Waals surface area (Å²) in [5.41, 5.74) is 3.20. The number of aromatic carboxylic acids is 1. The molecule has 1 aliphatic rings. The van der Waals surface area contributed by atoms with Crippen LogP contribution in [0.4, 0.5) is 5.69 Å². The molecule has 218 valence electrons. The molecule has 0 bridgehead atoms. The molecule has 11 heteroatoms. The maximum Gasteiger partial charge on any atom is 0.335 e. The lowest BCUT2D eigenvalue weighted by Crippen LogP contribution is -2.28. The van der Waals surface area contributed by atoms with Crippen LogP contribution in [0.3, 0.4) is 0 Å². The number of carboxylic acids is 1. The fourth-order valence-electron chi connectivity index (χ4n) is 4.18. The highest BCUT2D eigenvalue weighted by Crippen LogP contribution is 2.39. The molecular formula is C32H23Cl2IN2O5S. The Bertz CT molecular complexity index is 1750. The Morgan fingerprint density at radius 1 is 1.05 bits per heavy atom. The quantitative estimate of drug-likeness (QED) is 0.136. The number of thioether (sulfide) groups is 1. The fraction of sp³-hybridized carbons (Fsp3) is 0.0938. The molecule has 1 aliphatic heterocycles. The Morgan fingerprint density at radius 3 is 2.47 bits per heavy atom. The number of amidine groups is 1. The molecule has 0 spiro atoms. The van der Waals surface area contributed by atoms with Crippen LogP contribution < -0.4 is 9.47 Å². The molecule has 0 atom stereocenters. The summed E-state index contributed by atoms with van der Waals surface area (Å²) >= 11 is 15.8. The number of benzene rings is 4. The van der Waals surface area contributed by atoms with Crippen LogP contribution in [0, 0.1) is 3.57 Å². The highest BCUT2D eigenvalue weighted by atomic mass is 127. The van der Waals surface area contributed by atoms with Crippen LogP contribution in [0.15, 0.2) is 94.8 Å². The van der Waals surface area contributed by atoms with Crippen LogP contribution >= 0.6 is 57.6 Å². The van der Waals surface area contributed by atoms with E-state index in [1.807, 2.05) is 48.5 Å². The van der Waals surface area contributed by atoms with E-state index >= 15 is 0 Å². The zero-order valence-corrected chi connectivity index (χ0v) is 27.1. The molecule has 43 heavy (non-hydrogen) atoms. The Morgan fingerprint density at radius 2 is 1.79 bits per heavy atom. The fourth-order valence-corrected chi connectivity index (χ4v) is 6.42. The lowest BCUT2D eigenvalue weighted by atomic mass is 10.1. The summed E-state index contributed by atoms with van der Waals surface area (Å²) in [4.78, 5) is 31.8. The van der Waals surface area contributed by atoms with E-state index in [-0.39, 0.29) is 24.6 Å². The van der Waals surface area contributed by atoms with Gasteiger partial charge in [-0.05, 0) is 100 Å². The summed E-state index contributed by atoms with van der Waals surface area (Å²) in [6, 6.07) is 24.8. The number of ether oxygens (including phenoxy) is 2. The van der Waals surface area contributed by atoms with Crippen molar-refractivity contribution in [1.29, 1.82) is 0 Å². The first-order valence-corrected chi connectivity index (χ1v) is 15.5. The SMILES string of the molecule is COc1cc(/C=C2\SC(=Nc3ccccc3)N(Cc3ccc(C(=O)O)cc3)C2=O)cc(I)c1OCc1ccc(Cl)cc1Cl. The van der Waals surface area contributed by atoms with E-state index in [1.165, 1.54) is 23.9 Å². The lowest BCUT2D eigenvalue weighted by molar-refractivity contribution is -0.122. The molecule has 4 aromatic carbocycles. The summed E-state index contributed by atoms with van der Waals surface area (Å²) in [6.45, 7) is 0.453. The predicted molar refractivity (Wildman–Crippen MR) is 180 cm³/mol. The number of carbonyl (C=O) groups excluding carboxylic acids is 1. The molecule has 0 aliphatic carbocycles. The van der Waals surface area contributed by atoms with Crippen molar-refractivity contribution in [2.45, 2.75) is 13.2 Å². The van der Waals surface area contributed by atoms with E-state index in [4.69, 9.17) is 37.7 Å². The summed E-state index contributed by atoms with van der Waals surface area (Å²) in [5.74, 6) is -0.160. The average molecular weight is 745 g/mol. The number of hydrogen-bond donors (Lipinski definition) is 1. The van der Waals surface area contributed by atoms with Crippen LogP contribution in [0.1, 0.15) is 27.0 Å². The maximum atomic E-state index is 13.7. The number of amides is 1. The van der Waals surface area contributed by atoms with Gasteiger partial charge in [-0.15, -0.1) is 0 Å². The van der Waals surface area contributed by atoms with Crippen molar-refractivity contribution in [3.8, 4) is 11.5 Å². The third-order valence-electron chi connectivity index (χ3n) is 6.35. The van der Waals surface area contributed by atoms with Gasteiger partial charge in [-0.1, -0.05) is 59.6 Å². The number of hydrogen-bond acceptors (Lipinski definition) is 6. The van der Waals surface area contributed by atoms with Crippen LogP contribution in [0.5, 0.6) is 11.5 Å². The first kappa shape index (κ1) is 30.9. The zero-order chi connectivity index (χ0) is 30.5. The topological polar surface area (TPSA) is 88.4 Å². The van der Waals surface area contributed by atoms with Crippen LogP contribution in [-0.2, 0) is 17.9 Å². The van der Waals surface area contributed by atoms with E-state index in [1.54, 1.807) is 42.4 Å². The number of aliphatic imine (C=N–C) groups is 1. The van der Waals surface area contributed by atoms with E-state index in [0.29, 0.717) is 37.3 Å². The van der Waals surface area contributed by atoms with Gasteiger partial charge in [-0.2, -0.15) is 0 Å². The number of para-hydroxylation sites is 1. The molecule has 0 saturated carbocycles. The van der Waals surface area contributed by atoms with Gasteiger partial charge in [0, 0.05) is 15.6 Å². The van der Waals surface area contributed by atoms with Crippen molar-refractivity contribution in [3.63, 3.8) is 0 Å². The van der Waals surface area contributed by atoms with Gasteiger partial charge in [0.1, 0.15) is 6.61 Å². The molecule has 1 heterocycles. The smallest absolute Gasteiger partial charge is 0.335 e. The molecule has 0 unspecified atom stereocenters. The van der Waals surface area contributed by atoms with Gasteiger partial charge in [0.25, 0.3) is 5.91 Å². The van der Waals surface area contributed by atoms with E-state index < -0.39 is 5.97 Å². The second kappa shape index (κ2) is 13.9. The Balaban J connectivity index is 1.43. The monoisotopic (exact) mass is 744 g/mol. The third-order valence-corrected chi connectivity index (χ3v) is 8.74. The number of methoxy groups -OCH3 is 1. The van der Waals surface area contributed by atoms with Gasteiger partial charge in [-0.3, -0.25) is 9.69 Å². The van der Waals surface area contributed by atoms with Gasteiger partial charge in [-0.25, -0.2) is 9.79 Å². The van der Waals surface area contributed by atoms with Crippen molar-refractivity contribution in [2.75, 3.05) is 7.11 Å². The highest BCUT2D eigenvalue weighted by Gasteiger charge is 2.33. The average Bonchev–Trinajstić information content (AvgIpc) is 3.26. The minimum absolute atomic E-state index is 0.178. The number of carbonyl (C=O) groups is 2. The largest absolute Gasteiger partial charge is 0.493 e. The van der Waals surface area contributed by atoms with Crippen molar-refractivity contribution in [2.24, 2.45) is 4.99 Å². The van der Waals surface area contributed by atoms with Crippen molar-refractivity contribution in [3.05, 3.63) is 126 Å². The molecule has 1 amide bonds. The molecule has 0 radical (unpaired) electrons. The van der Waals surface area contributed by atoms with E-state index in [9.17, 15) is 14.7 Å². The Kier molecular flexibility index (Phi) is 9.97. The molecule has 1 N–H and O–H groups in total. The summed E-state index contributed by atoms with van der Waals surface area (Å²) in [5, 5.41) is 10.8. The molecule has 0 aromatic heterocycles. The highest BCUT2D eigenvalue weighted by molar-refractivity contribution is 14.1. The minimum Gasteiger partial charge on any atom is -0.493 e. The van der Waals surface area contributed by atoms with Crippen LogP contribution in [0.2, 0.25) is 10.0 Å². The first-order chi connectivity index (χ1) is 20.7. The normalized spacial score (nSPS) is 14.9. The molecule has 5 rings (SSSR count).